The van der Waals surface area contributed by atoms with Crippen LogP contribution in [0.3, 0.4) is 0 Å². The number of hydrogen-bond acceptors (Lipinski definition) is 3. The zero-order chi connectivity index (χ0) is 19.2. The second-order valence-electron chi connectivity index (χ2n) is 8.20. The van der Waals surface area contributed by atoms with Crippen molar-refractivity contribution >= 4 is 23.5 Å². The summed E-state index contributed by atoms with van der Waals surface area (Å²) in [5.41, 5.74) is 1.22. The molecule has 27 heavy (non-hydrogen) atoms. The van der Waals surface area contributed by atoms with Crippen LogP contribution in [0.5, 0.6) is 0 Å². The van der Waals surface area contributed by atoms with Crippen molar-refractivity contribution in [3.8, 4) is 0 Å². The summed E-state index contributed by atoms with van der Waals surface area (Å²) >= 11 is 0. The smallest absolute Gasteiger partial charge is 0.323 e. The van der Waals surface area contributed by atoms with E-state index in [1.165, 1.54) is 0 Å². The van der Waals surface area contributed by atoms with Crippen LogP contribution in [-0.2, 0) is 16.0 Å². The van der Waals surface area contributed by atoms with Crippen LogP contribution in [0, 0.1) is 5.92 Å². The van der Waals surface area contributed by atoms with Crippen LogP contribution >= 0.6 is 0 Å². The van der Waals surface area contributed by atoms with Crippen molar-refractivity contribution in [1.29, 1.82) is 0 Å². The Hall–Kier alpha value is -2.37. The molecule has 3 aliphatic rings. The van der Waals surface area contributed by atoms with Crippen molar-refractivity contribution in [2.24, 2.45) is 5.92 Å². The summed E-state index contributed by atoms with van der Waals surface area (Å²) in [5.74, 6) is 0.198. The minimum Gasteiger partial charge on any atom is -0.323 e. The predicted molar refractivity (Wildman–Crippen MR) is 102 cm³/mol. The molecule has 4 rings (SSSR count). The Balaban J connectivity index is 1.49. The number of amides is 4. The van der Waals surface area contributed by atoms with Crippen molar-refractivity contribution in [2.45, 2.75) is 64.0 Å². The van der Waals surface area contributed by atoms with Crippen LogP contribution in [0.25, 0.3) is 0 Å². The average molecular weight is 369 g/mol. The van der Waals surface area contributed by atoms with Gasteiger partial charge in [-0.2, -0.15) is 0 Å². The van der Waals surface area contributed by atoms with Crippen molar-refractivity contribution in [2.75, 3.05) is 11.4 Å². The SMILES string of the molecule is CCC1CCC2(CC1)NC(=O)N(CC(=O)N1c3ccccc3C[C@H]1C)C2=O. The summed E-state index contributed by atoms with van der Waals surface area (Å²) in [4.78, 5) is 41.4. The van der Waals surface area contributed by atoms with Gasteiger partial charge in [-0.15, -0.1) is 0 Å². The summed E-state index contributed by atoms with van der Waals surface area (Å²) in [5, 5.41) is 2.91. The van der Waals surface area contributed by atoms with Gasteiger partial charge in [0.2, 0.25) is 5.91 Å². The van der Waals surface area contributed by atoms with Gasteiger partial charge in [-0.05, 0) is 56.6 Å². The van der Waals surface area contributed by atoms with Gasteiger partial charge in [0.05, 0.1) is 0 Å². The zero-order valence-corrected chi connectivity index (χ0v) is 16.0. The van der Waals surface area contributed by atoms with Crippen LogP contribution in [0.2, 0.25) is 0 Å². The lowest BCUT2D eigenvalue weighted by molar-refractivity contribution is -0.135. The summed E-state index contributed by atoms with van der Waals surface area (Å²) < 4.78 is 0. The van der Waals surface area contributed by atoms with E-state index in [1.54, 1.807) is 4.90 Å². The van der Waals surface area contributed by atoms with Crippen LogP contribution in [0.1, 0.15) is 51.5 Å². The first-order valence-electron chi connectivity index (χ1n) is 9.99. The van der Waals surface area contributed by atoms with E-state index in [-0.39, 0.29) is 24.4 Å². The molecule has 2 heterocycles. The molecule has 0 radical (unpaired) electrons. The number of carbonyl (C=O) groups excluding carboxylic acids is 3. The molecule has 1 spiro atoms. The first kappa shape index (κ1) is 18.0. The van der Waals surface area contributed by atoms with Gasteiger partial charge in [0.25, 0.3) is 5.91 Å². The van der Waals surface area contributed by atoms with Crippen LogP contribution in [0.15, 0.2) is 24.3 Å². The van der Waals surface area contributed by atoms with Gasteiger partial charge in [-0.25, -0.2) is 4.79 Å². The number of para-hydroxylation sites is 1. The van der Waals surface area contributed by atoms with Crippen molar-refractivity contribution < 1.29 is 14.4 Å². The number of imide groups is 1. The molecule has 2 fully saturated rings. The molecular weight excluding hydrogens is 342 g/mol. The van der Waals surface area contributed by atoms with E-state index in [9.17, 15) is 14.4 Å². The summed E-state index contributed by atoms with van der Waals surface area (Å²) in [6.07, 6.45) is 5.13. The molecule has 1 N–H and O–H groups in total. The highest BCUT2D eigenvalue weighted by Gasteiger charge is 2.53. The number of rotatable bonds is 3. The fourth-order valence-corrected chi connectivity index (χ4v) is 4.89. The Morgan fingerprint density at radius 3 is 2.63 bits per heavy atom. The molecule has 1 aromatic carbocycles. The second kappa shape index (κ2) is 6.66. The van der Waals surface area contributed by atoms with Gasteiger partial charge in [0.1, 0.15) is 12.1 Å². The maximum absolute atomic E-state index is 13.0. The van der Waals surface area contributed by atoms with E-state index in [1.807, 2.05) is 31.2 Å². The lowest BCUT2D eigenvalue weighted by Gasteiger charge is -2.34. The van der Waals surface area contributed by atoms with E-state index in [2.05, 4.69) is 12.2 Å². The predicted octanol–water partition coefficient (Wildman–Crippen LogP) is 2.86. The summed E-state index contributed by atoms with van der Waals surface area (Å²) in [6.45, 7) is 3.97. The molecule has 0 bridgehead atoms. The zero-order valence-electron chi connectivity index (χ0n) is 16.0. The Morgan fingerprint density at radius 2 is 1.93 bits per heavy atom. The molecular formula is C21H27N3O3. The summed E-state index contributed by atoms with van der Waals surface area (Å²) in [7, 11) is 0. The monoisotopic (exact) mass is 369 g/mol. The van der Waals surface area contributed by atoms with E-state index in [0.717, 1.165) is 41.8 Å². The number of hydrogen-bond donors (Lipinski definition) is 1. The van der Waals surface area contributed by atoms with E-state index in [4.69, 9.17) is 0 Å². The second-order valence-corrected chi connectivity index (χ2v) is 8.20. The molecule has 6 nitrogen and oxygen atoms in total. The van der Waals surface area contributed by atoms with Gasteiger partial charge in [0.15, 0.2) is 0 Å². The van der Waals surface area contributed by atoms with Gasteiger partial charge in [0, 0.05) is 11.7 Å². The molecule has 1 saturated carbocycles. The number of nitrogens with zero attached hydrogens (tertiary/aromatic N) is 2. The molecule has 0 aromatic heterocycles. The third-order valence-electron chi connectivity index (χ3n) is 6.55. The lowest BCUT2D eigenvalue weighted by Crippen LogP contribution is -2.50. The molecule has 144 valence electrons. The highest BCUT2D eigenvalue weighted by Crippen LogP contribution is 2.38. The number of anilines is 1. The van der Waals surface area contributed by atoms with Crippen LogP contribution in [0.4, 0.5) is 10.5 Å². The van der Waals surface area contributed by atoms with Gasteiger partial charge < -0.3 is 10.2 Å². The number of nitrogens with one attached hydrogen (secondary N) is 1. The highest BCUT2D eigenvalue weighted by molar-refractivity contribution is 6.10. The fraction of sp³-hybridized carbons (Fsp3) is 0.571. The standard InChI is InChI=1S/C21H27N3O3/c1-3-15-8-10-21(11-9-15)19(26)23(20(27)22-21)13-18(25)24-14(2)12-16-6-4-5-7-17(16)24/h4-7,14-15H,3,8-13H2,1-2H3,(H,22,27)/t14-,15?,21?/m1/s1. The first-order valence-corrected chi connectivity index (χ1v) is 9.99. The highest BCUT2D eigenvalue weighted by atomic mass is 16.2. The van der Waals surface area contributed by atoms with E-state index in [0.29, 0.717) is 18.8 Å². The van der Waals surface area contributed by atoms with Gasteiger partial charge in [-0.3, -0.25) is 14.5 Å². The Kier molecular flexibility index (Phi) is 4.44. The Bertz CT molecular complexity index is 783. The third kappa shape index (κ3) is 2.91. The third-order valence-corrected chi connectivity index (χ3v) is 6.55. The molecule has 6 heteroatoms. The quantitative estimate of drug-likeness (QED) is 0.833. The van der Waals surface area contributed by atoms with Crippen LogP contribution in [-0.4, -0.2) is 40.9 Å². The molecule has 1 saturated heterocycles. The maximum atomic E-state index is 13.0. The molecule has 1 aliphatic carbocycles. The molecule has 4 amide bonds. The first-order chi connectivity index (χ1) is 12.9. The number of benzene rings is 1. The largest absolute Gasteiger partial charge is 0.325 e. The van der Waals surface area contributed by atoms with Crippen molar-refractivity contribution in [3.05, 3.63) is 29.8 Å². The summed E-state index contributed by atoms with van der Waals surface area (Å²) in [6, 6.07) is 7.43. The van der Waals surface area contributed by atoms with Crippen molar-refractivity contribution in [1.82, 2.24) is 10.2 Å². The molecule has 0 unspecified atom stereocenters. The fourth-order valence-electron chi connectivity index (χ4n) is 4.89. The number of fused-ring (bicyclic) bond motifs is 1. The Labute approximate surface area is 159 Å². The van der Waals surface area contributed by atoms with E-state index < -0.39 is 11.6 Å². The van der Waals surface area contributed by atoms with Crippen molar-refractivity contribution in [3.63, 3.8) is 0 Å². The molecule has 1 aromatic rings. The normalized spacial score (nSPS) is 30.0. The topological polar surface area (TPSA) is 69.7 Å². The Morgan fingerprint density at radius 1 is 1.22 bits per heavy atom. The maximum Gasteiger partial charge on any atom is 0.325 e. The lowest BCUT2D eigenvalue weighted by atomic mass is 9.75. The van der Waals surface area contributed by atoms with E-state index >= 15 is 0 Å². The molecule has 2 aliphatic heterocycles. The van der Waals surface area contributed by atoms with Gasteiger partial charge in [-0.1, -0.05) is 31.5 Å². The average Bonchev–Trinajstić information content (AvgIpc) is 3.11. The van der Waals surface area contributed by atoms with Gasteiger partial charge >= 0.3 is 6.03 Å². The number of carbonyl (C=O) groups is 3. The van der Waals surface area contributed by atoms with Crippen LogP contribution < -0.4 is 10.2 Å². The number of urea groups is 1. The minimum atomic E-state index is -0.794. The molecule has 1 atom stereocenters. The minimum absolute atomic E-state index is 0.0321.